The summed E-state index contributed by atoms with van der Waals surface area (Å²) in [5.74, 6) is -0.970. The zero-order valence-corrected chi connectivity index (χ0v) is 19.4. The molecule has 1 aromatic carbocycles. The number of methoxy groups -OCH3 is 1. The number of rotatable bonds is 7. The van der Waals surface area contributed by atoms with E-state index in [9.17, 15) is 19.5 Å². The lowest BCUT2D eigenvalue weighted by atomic mass is 10.1. The largest absolute Gasteiger partial charge is 0.480 e. The Kier molecular flexibility index (Phi) is 5.81. The van der Waals surface area contributed by atoms with Crippen LogP contribution in [0.5, 0.6) is 0 Å². The fourth-order valence-corrected chi connectivity index (χ4v) is 5.03. The molecule has 1 N–H and O–H groups in total. The maximum absolute atomic E-state index is 13.6. The van der Waals surface area contributed by atoms with Gasteiger partial charge in [-0.3, -0.25) is 9.36 Å². The molecule has 0 unspecified atom stereocenters. The molecule has 3 aromatic heterocycles. The smallest absolute Gasteiger partial charge is 0.333 e. The Labute approximate surface area is 192 Å². The molecule has 0 aliphatic carbocycles. The van der Waals surface area contributed by atoms with E-state index in [1.807, 2.05) is 30.3 Å². The molecule has 33 heavy (non-hydrogen) atoms. The number of aromatic nitrogens is 3. The number of thiophene rings is 1. The van der Waals surface area contributed by atoms with Crippen LogP contribution in [-0.4, -0.2) is 32.3 Å². The van der Waals surface area contributed by atoms with Crippen molar-refractivity contribution in [2.75, 3.05) is 7.11 Å². The Hall–Kier alpha value is -3.50. The third-order valence-corrected chi connectivity index (χ3v) is 7.03. The van der Waals surface area contributed by atoms with Gasteiger partial charge < -0.3 is 14.3 Å². The topological polar surface area (TPSA) is 117 Å². The van der Waals surface area contributed by atoms with Crippen LogP contribution in [0.3, 0.4) is 0 Å². The fraction of sp³-hybridized carbons (Fsp3) is 0.304. The van der Waals surface area contributed by atoms with Crippen LogP contribution in [0.4, 0.5) is 0 Å². The number of benzene rings is 1. The lowest BCUT2D eigenvalue weighted by Crippen LogP contribution is -2.52. The van der Waals surface area contributed by atoms with E-state index in [2.05, 4.69) is 4.98 Å². The van der Waals surface area contributed by atoms with E-state index in [1.54, 1.807) is 6.92 Å². The van der Waals surface area contributed by atoms with Crippen molar-refractivity contribution in [1.29, 1.82) is 0 Å². The second kappa shape index (κ2) is 8.45. The Morgan fingerprint density at radius 2 is 1.97 bits per heavy atom. The number of hydrogen-bond donors (Lipinski definition) is 1. The zero-order valence-electron chi connectivity index (χ0n) is 18.6. The van der Waals surface area contributed by atoms with Crippen LogP contribution < -0.4 is 11.2 Å². The average Bonchev–Trinajstić information content (AvgIpc) is 3.42. The first kappa shape index (κ1) is 22.7. The van der Waals surface area contributed by atoms with Crippen molar-refractivity contribution in [3.8, 4) is 10.8 Å². The van der Waals surface area contributed by atoms with E-state index in [1.165, 1.54) is 49.3 Å². The maximum atomic E-state index is 13.6. The quantitative estimate of drug-likeness (QED) is 0.441. The van der Waals surface area contributed by atoms with E-state index >= 15 is 0 Å². The third kappa shape index (κ3) is 3.70. The zero-order chi connectivity index (χ0) is 23.9. The number of oxazole rings is 1. The molecular formula is C23H23N3O6S. The summed E-state index contributed by atoms with van der Waals surface area (Å²) in [5, 5.41) is 10.0. The molecule has 0 amide bonds. The van der Waals surface area contributed by atoms with Gasteiger partial charge in [0.2, 0.25) is 5.89 Å². The third-order valence-electron chi connectivity index (χ3n) is 5.73. The molecule has 0 saturated carbocycles. The average molecular weight is 470 g/mol. The normalized spacial score (nSPS) is 12.8. The summed E-state index contributed by atoms with van der Waals surface area (Å²) in [7, 11) is 1.54. The highest BCUT2D eigenvalue weighted by molar-refractivity contribution is 7.22. The molecule has 1 atom stereocenters. The van der Waals surface area contributed by atoms with Crippen LogP contribution in [0, 0.1) is 6.92 Å². The van der Waals surface area contributed by atoms with Crippen molar-refractivity contribution < 1.29 is 19.1 Å². The molecule has 3 heterocycles. The number of carbonyl (C=O) groups is 1. The molecule has 0 saturated heterocycles. The molecular weight excluding hydrogens is 446 g/mol. The van der Waals surface area contributed by atoms with Crippen LogP contribution in [0.25, 0.3) is 21.0 Å². The summed E-state index contributed by atoms with van der Waals surface area (Å²) in [6.45, 7) is 4.47. The molecule has 0 spiro atoms. The van der Waals surface area contributed by atoms with Gasteiger partial charge in [0, 0.05) is 7.11 Å². The number of carboxylic acid groups (broad SMARTS) is 1. The molecule has 172 valence electrons. The predicted octanol–water partition coefficient (Wildman–Crippen LogP) is 3.40. The molecule has 0 bridgehead atoms. The Balaban J connectivity index is 2.05. The standard InChI is InChI=1S/C23H23N3O6S/c1-13-16-19(27)26(23(2,3)21(28)29)22(30)25(12-15(31-4)14-8-6-5-7-9-14)20(16)33-17(13)18-24-10-11-32-18/h5-11,15H,12H2,1-4H3,(H,28,29)/t15-/m0/s1. The van der Waals surface area contributed by atoms with Crippen molar-refractivity contribution in [2.24, 2.45) is 0 Å². The second-order valence-corrected chi connectivity index (χ2v) is 9.11. The summed E-state index contributed by atoms with van der Waals surface area (Å²) in [6, 6.07) is 9.37. The van der Waals surface area contributed by atoms with Gasteiger partial charge in [0.05, 0.1) is 23.0 Å². The molecule has 0 fully saturated rings. The van der Waals surface area contributed by atoms with Gasteiger partial charge in [-0.25, -0.2) is 19.1 Å². The van der Waals surface area contributed by atoms with Crippen LogP contribution in [0.2, 0.25) is 0 Å². The number of aryl methyl sites for hydroxylation is 1. The molecule has 10 heteroatoms. The van der Waals surface area contributed by atoms with Crippen LogP contribution in [0.1, 0.15) is 31.1 Å². The van der Waals surface area contributed by atoms with Crippen molar-refractivity contribution >= 4 is 27.5 Å². The van der Waals surface area contributed by atoms with Gasteiger partial charge in [-0.1, -0.05) is 30.3 Å². The molecule has 4 aromatic rings. The van der Waals surface area contributed by atoms with Gasteiger partial charge in [0.25, 0.3) is 5.56 Å². The first-order chi connectivity index (χ1) is 15.7. The van der Waals surface area contributed by atoms with Crippen molar-refractivity contribution in [1.82, 2.24) is 14.1 Å². The van der Waals surface area contributed by atoms with Gasteiger partial charge in [0.1, 0.15) is 22.7 Å². The Morgan fingerprint density at radius 3 is 2.55 bits per heavy atom. The number of ether oxygens (including phenoxy) is 1. The van der Waals surface area contributed by atoms with Crippen LogP contribution >= 0.6 is 11.3 Å². The van der Waals surface area contributed by atoms with Crippen molar-refractivity contribution in [3.63, 3.8) is 0 Å². The minimum atomic E-state index is -1.77. The van der Waals surface area contributed by atoms with E-state index in [0.29, 0.717) is 21.2 Å². The number of fused-ring (bicyclic) bond motifs is 1. The highest BCUT2D eigenvalue weighted by Gasteiger charge is 2.36. The summed E-state index contributed by atoms with van der Waals surface area (Å²) in [4.78, 5) is 44.3. The van der Waals surface area contributed by atoms with E-state index in [0.717, 1.165) is 10.1 Å². The van der Waals surface area contributed by atoms with E-state index in [-0.39, 0.29) is 11.9 Å². The monoisotopic (exact) mass is 469 g/mol. The van der Waals surface area contributed by atoms with Gasteiger partial charge in [-0.2, -0.15) is 0 Å². The molecule has 0 radical (unpaired) electrons. The second-order valence-electron chi connectivity index (χ2n) is 8.11. The van der Waals surface area contributed by atoms with Gasteiger partial charge >= 0.3 is 11.7 Å². The van der Waals surface area contributed by atoms with Crippen LogP contribution in [0.15, 0.2) is 56.8 Å². The molecule has 0 aliphatic rings. The Morgan fingerprint density at radius 1 is 1.27 bits per heavy atom. The maximum Gasteiger partial charge on any atom is 0.333 e. The molecule has 9 nitrogen and oxygen atoms in total. The number of aliphatic carboxylic acids is 1. The molecule has 4 rings (SSSR count). The van der Waals surface area contributed by atoms with E-state index < -0.39 is 28.9 Å². The lowest BCUT2D eigenvalue weighted by molar-refractivity contribution is -0.146. The first-order valence-electron chi connectivity index (χ1n) is 10.2. The summed E-state index contributed by atoms with van der Waals surface area (Å²) < 4.78 is 13.3. The van der Waals surface area contributed by atoms with Gasteiger partial charge in [0.15, 0.2) is 0 Å². The first-order valence-corrected chi connectivity index (χ1v) is 11.0. The van der Waals surface area contributed by atoms with Crippen LogP contribution in [-0.2, 0) is 21.6 Å². The highest BCUT2D eigenvalue weighted by Crippen LogP contribution is 2.36. The van der Waals surface area contributed by atoms with Gasteiger partial charge in [-0.15, -0.1) is 11.3 Å². The highest BCUT2D eigenvalue weighted by atomic mass is 32.1. The van der Waals surface area contributed by atoms with E-state index in [4.69, 9.17) is 9.15 Å². The van der Waals surface area contributed by atoms with Crippen molar-refractivity contribution in [2.45, 2.75) is 39.0 Å². The fourth-order valence-electron chi connectivity index (χ4n) is 3.79. The van der Waals surface area contributed by atoms with Crippen molar-refractivity contribution in [3.05, 3.63) is 74.8 Å². The minimum absolute atomic E-state index is 0.0802. The lowest BCUT2D eigenvalue weighted by Gasteiger charge is -2.24. The Bertz CT molecular complexity index is 1430. The summed E-state index contributed by atoms with van der Waals surface area (Å²) >= 11 is 1.20. The molecule has 0 aliphatic heterocycles. The number of hydrogen-bond acceptors (Lipinski definition) is 7. The number of nitrogens with zero attached hydrogens (tertiary/aromatic N) is 3. The number of carboxylic acids is 1. The SMILES string of the molecule is CO[C@@H](Cn1c(=O)n(C(C)(C)C(=O)O)c(=O)c2c(C)c(-c3ncco3)sc21)c1ccccc1. The predicted molar refractivity (Wildman–Crippen MR) is 124 cm³/mol. The van der Waals surface area contributed by atoms with Gasteiger partial charge in [-0.05, 0) is 31.9 Å². The summed E-state index contributed by atoms with van der Waals surface area (Å²) in [6.07, 6.45) is 2.42. The summed E-state index contributed by atoms with van der Waals surface area (Å²) in [5.41, 5.74) is -1.75. The minimum Gasteiger partial charge on any atom is -0.480 e.